The molecule has 0 aliphatic heterocycles. The van der Waals surface area contributed by atoms with Gasteiger partial charge < -0.3 is 4.74 Å². The van der Waals surface area contributed by atoms with Crippen molar-refractivity contribution < 1.29 is 22.7 Å². The minimum atomic E-state index is -4.61. The Bertz CT molecular complexity index is 575. The van der Waals surface area contributed by atoms with Crippen LogP contribution >= 0.6 is 0 Å². The molecule has 0 atom stereocenters. The van der Waals surface area contributed by atoms with E-state index < -0.39 is 12.0 Å². The summed E-state index contributed by atoms with van der Waals surface area (Å²) in [5.74, 6) is -0.772. The second-order valence-electron chi connectivity index (χ2n) is 3.26. The molecule has 0 spiro atoms. The predicted octanol–water partition coefficient (Wildman–Crippen LogP) is 2.17. The van der Waals surface area contributed by atoms with Crippen molar-refractivity contribution in [3.63, 3.8) is 0 Å². The van der Waals surface area contributed by atoms with Crippen LogP contribution < -0.4 is 4.74 Å². The molecule has 90 valence electrons. The number of rotatable bonds is 2. The highest BCUT2D eigenvalue weighted by atomic mass is 19.4. The summed E-state index contributed by atoms with van der Waals surface area (Å²) in [6, 6.07) is 2.68. The van der Waals surface area contributed by atoms with Crippen molar-refractivity contribution in [1.82, 2.24) is 9.38 Å². The van der Waals surface area contributed by atoms with E-state index in [-0.39, 0.29) is 17.5 Å². The number of pyridine rings is 1. The van der Waals surface area contributed by atoms with E-state index in [4.69, 9.17) is 4.74 Å². The average Bonchev–Trinajstić information content (AvgIpc) is 2.66. The molecule has 0 amide bonds. The number of hydrogen-bond donors (Lipinski definition) is 0. The third-order valence-electron chi connectivity index (χ3n) is 2.24. The summed E-state index contributed by atoms with van der Waals surface area (Å²) in [5, 5.41) is 0. The highest BCUT2D eigenvalue weighted by Gasteiger charge is 2.37. The molecule has 7 heteroatoms. The van der Waals surface area contributed by atoms with Gasteiger partial charge in [-0.1, -0.05) is 0 Å². The summed E-state index contributed by atoms with van der Waals surface area (Å²) in [5.41, 5.74) is -0.206. The first-order valence-electron chi connectivity index (χ1n) is 4.56. The van der Waals surface area contributed by atoms with Crippen LogP contribution in [-0.2, 0) is 6.18 Å². The summed E-state index contributed by atoms with van der Waals surface area (Å²) >= 11 is 0. The number of ether oxygens (including phenoxy) is 1. The molecule has 17 heavy (non-hydrogen) atoms. The third-order valence-corrected chi connectivity index (χ3v) is 2.24. The van der Waals surface area contributed by atoms with E-state index in [0.29, 0.717) is 5.75 Å². The van der Waals surface area contributed by atoms with Crippen LogP contribution in [0.2, 0.25) is 0 Å². The number of imidazole rings is 1. The van der Waals surface area contributed by atoms with E-state index in [1.165, 1.54) is 19.2 Å². The molecule has 0 fully saturated rings. The number of halogens is 3. The second kappa shape index (κ2) is 3.76. The van der Waals surface area contributed by atoms with Gasteiger partial charge in [-0.25, -0.2) is 4.98 Å². The van der Waals surface area contributed by atoms with Crippen LogP contribution in [0.1, 0.15) is 16.3 Å². The van der Waals surface area contributed by atoms with Gasteiger partial charge in [0.05, 0.1) is 12.6 Å². The summed E-state index contributed by atoms with van der Waals surface area (Å²) in [7, 11) is 1.38. The van der Waals surface area contributed by atoms with Gasteiger partial charge in [-0.05, 0) is 6.07 Å². The molecule has 0 aromatic carbocycles. The van der Waals surface area contributed by atoms with E-state index in [9.17, 15) is 18.0 Å². The maximum Gasteiger partial charge on any atom is 0.450 e. The molecular weight excluding hydrogens is 237 g/mol. The monoisotopic (exact) mass is 244 g/mol. The molecule has 2 aromatic rings. The van der Waals surface area contributed by atoms with Crippen LogP contribution in [0.4, 0.5) is 13.2 Å². The Morgan fingerprint density at radius 2 is 2.18 bits per heavy atom. The molecular formula is C10H7F3N2O2. The van der Waals surface area contributed by atoms with Gasteiger partial charge in [0.1, 0.15) is 11.4 Å². The molecule has 0 saturated heterocycles. The van der Waals surface area contributed by atoms with Crippen LogP contribution in [0.15, 0.2) is 18.3 Å². The van der Waals surface area contributed by atoms with Gasteiger partial charge in [-0.3, -0.25) is 9.20 Å². The topological polar surface area (TPSA) is 43.6 Å². The number of nitrogens with zero attached hydrogens (tertiary/aromatic N) is 2. The fraction of sp³-hybridized carbons (Fsp3) is 0.200. The number of aldehydes is 1. The molecule has 0 bridgehead atoms. The Balaban J connectivity index is 2.77. The van der Waals surface area contributed by atoms with Crippen LogP contribution in [0.5, 0.6) is 5.75 Å². The Morgan fingerprint density at radius 1 is 1.47 bits per heavy atom. The highest BCUT2D eigenvalue weighted by Crippen LogP contribution is 2.30. The zero-order valence-corrected chi connectivity index (χ0v) is 8.65. The van der Waals surface area contributed by atoms with Crippen molar-refractivity contribution in [2.75, 3.05) is 7.11 Å². The van der Waals surface area contributed by atoms with E-state index in [1.54, 1.807) is 0 Å². The highest BCUT2D eigenvalue weighted by molar-refractivity contribution is 5.84. The smallest absolute Gasteiger partial charge is 0.450 e. The van der Waals surface area contributed by atoms with E-state index in [2.05, 4.69) is 4.98 Å². The van der Waals surface area contributed by atoms with Gasteiger partial charge in [-0.2, -0.15) is 13.2 Å². The molecule has 4 nitrogen and oxygen atoms in total. The van der Waals surface area contributed by atoms with Gasteiger partial charge in [0, 0.05) is 12.3 Å². The van der Waals surface area contributed by atoms with Gasteiger partial charge in [-0.15, -0.1) is 0 Å². The number of aromatic nitrogens is 2. The molecule has 0 N–H and O–H groups in total. The fourth-order valence-electron chi connectivity index (χ4n) is 1.50. The van der Waals surface area contributed by atoms with Gasteiger partial charge in [0.15, 0.2) is 6.29 Å². The Kier molecular flexibility index (Phi) is 2.53. The Hall–Kier alpha value is -2.05. The first kappa shape index (κ1) is 11.4. The zero-order chi connectivity index (χ0) is 12.6. The quantitative estimate of drug-likeness (QED) is 0.760. The molecule has 2 aromatic heterocycles. The molecule has 0 saturated carbocycles. The largest absolute Gasteiger partial charge is 0.497 e. The van der Waals surface area contributed by atoms with E-state index in [1.807, 2.05) is 0 Å². The normalized spacial score (nSPS) is 11.8. The molecule has 0 radical (unpaired) electrons. The minimum absolute atomic E-state index is 0.0617. The van der Waals surface area contributed by atoms with Crippen LogP contribution in [0, 0.1) is 0 Å². The van der Waals surface area contributed by atoms with E-state index >= 15 is 0 Å². The number of alkyl halides is 3. The lowest BCUT2D eigenvalue weighted by Crippen LogP contribution is -2.10. The standard InChI is InChI=1S/C10H7F3N2O2/c1-17-6-2-3-15-8(4-6)7(5-16)14-9(15)10(11,12)13/h2-5H,1H3. The molecule has 2 heterocycles. The number of methoxy groups -OCH3 is 1. The Labute approximate surface area is 93.6 Å². The van der Waals surface area contributed by atoms with Gasteiger partial charge >= 0.3 is 6.18 Å². The van der Waals surface area contributed by atoms with Crippen LogP contribution in [0.25, 0.3) is 5.52 Å². The lowest BCUT2D eigenvalue weighted by molar-refractivity contribution is -0.145. The van der Waals surface area contributed by atoms with Gasteiger partial charge in [0.2, 0.25) is 5.82 Å². The number of fused-ring (bicyclic) bond motifs is 1. The summed E-state index contributed by atoms with van der Waals surface area (Å²) < 4.78 is 43.5. The SMILES string of the molecule is COc1ccn2c(C(F)(F)F)nc(C=O)c2c1. The van der Waals surface area contributed by atoms with Crippen LogP contribution in [-0.4, -0.2) is 22.8 Å². The first-order chi connectivity index (χ1) is 7.97. The van der Waals surface area contributed by atoms with Crippen molar-refractivity contribution in [3.05, 3.63) is 29.8 Å². The number of carbonyl (C=O) groups excluding carboxylic acids is 1. The maximum absolute atomic E-state index is 12.6. The molecule has 0 aliphatic rings. The lowest BCUT2D eigenvalue weighted by atomic mass is 10.3. The fourth-order valence-corrected chi connectivity index (χ4v) is 1.50. The predicted molar refractivity (Wildman–Crippen MR) is 52.1 cm³/mol. The Morgan fingerprint density at radius 3 is 2.71 bits per heavy atom. The number of hydrogen-bond acceptors (Lipinski definition) is 3. The van der Waals surface area contributed by atoms with Crippen LogP contribution in [0.3, 0.4) is 0 Å². The molecule has 0 aliphatic carbocycles. The zero-order valence-electron chi connectivity index (χ0n) is 8.65. The summed E-state index contributed by atoms with van der Waals surface area (Å²) in [6.07, 6.45) is -3.17. The minimum Gasteiger partial charge on any atom is -0.497 e. The van der Waals surface area contributed by atoms with Gasteiger partial charge in [0.25, 0.3) is 0 Å². The van der Waals surface area contributed by atoms with Crippen molar-refractivity contribution in [3.8, 4) is 5.75 Å². The molecule has 2 rings (SSSR count). The summed E-state index contributed by atoms with van der Waals surface area (Å²) in [4.78, 5) is 13.9. The number of carbonyl (C=O) groups is 1. The first-order valence-corrected chi connectivity index (χ1v) is 4.56. The summed E-state index contributed by atoms with van der Waals surface area (Å²) in [6.45, 7) is 0. The van der Waals surface area contributed by atoms with Crippen molar-refractivity contribution in [2.24, 2.45) is 0 Å². The lowest BCUT2D eigenvalue weighted by Gasteiger charge is -2.05. The van der Waals surface area contributed by atoms with Crippen molar-refractivity contribution in [1.29, 1.82) is 0 Å². The molecule has 0 unspecified atom stereocenters. The third kappa shape index (κ3) is 1.83. The van der Waals surface area contributed by atoms with E-state index in [0.717, 1.165) is 10.6 Å². The van der Waals surface area contributed by atoms with Crippen molar-refractivity contribution in [2.45, 2.75) is 6.18 Å². The maximum atomic E-state index is 12.6. The second-order valence-corrected chi connectivity index (χ2v) is 3.26. The van der Waals surface area contributed by atoms with Crippen molar-refractivity contribution >= 4 is 11.8 Å². The average molecular weight is 244 g/mol.